The second kappa shape index (κ2) is 11.1. The monoisotopic (exact) mass is 485 g/mol. The Hall–Kier alpha value is -4.41. The molecule has 0 saturated heterocycles. The van der Waals surface area contributed by atoms with Gasteiger partial charge in [-0.05, 0) is 42.5 Å². The molecule has 4 rings (SSSR count). The maximum absolute atomic E-state index is 12.1. The maximum atomic E-state index is 12.1. The van der Waals surface area contributed by atoms with Gasteiger partial charge >= 0.3 is 6.18 Å². The average molecular weight is 485 g/mol. The number of rotatable bonds is 6. The minimum Gasteiger partial charge on any atom is -0.439 e. The molecule has 182 valence electrons. The summed E-state index contributed by atoms with van der Waals surface area (Å²) in [4.78, 5) is 29.1. The molecule has 2 amide bonds. The van der Waals surface area contributed by atoms with Crippen molar-refractivity contribution in [2.75, 3.05) is 5.32 Å². The predicted octanol–water partition coefficient (Wildman–Crippen LogP) is 4.67. The van der Waals surface area contributed by atoms with Crippen LogP contribution in [0, 0.1) is 0 Å². The van der Waals surface area contributed by atoms with Gasteiger partial charge < -0.3 is 19.9 Å². The van der Waals surface area contributed by atoms with Gasteiger partial charge in [0.1, 0.15) is 12.1 Å². The van der Waals surface area contributed by atoms with E-state index in [1.165, 1.54) is 25.4 Å². The number of fused-ring (bicyclic) bond motifs is 1. The van der Waals surface area contributed by atoms with E-state index in [1.807, 2.05) is 37.5 Å². The quantitative estimate of drug-likeness (QED) is 0.387. The van der Waals surface area contributed by atoms with E-state index in [-0.39, 0.29) is 11.6 Å². The molecule has 0 saturated carbocycles. The number of halogens is 3. The lowest BCUT2D eigenvalue weighted by Crippen LogP contribution is -2.19. The molecule has 8 nitrogen and oxygen atoms in total. The number of nitrogens with zero attached hydrogens (tertiary/aromatic N) is 3. The number of alkyl halides is 3. The summed E-state index contributed by atoms with van der Waals surface area (Å²) in [6.45, 7) is 1.82. The van der Waals surface area contributed by atoms with Crippen molar-refractivity contribution in [3.63, 3.8) is 0 Å². The van der Waals surface area contributed by atoms with Crippen LogP contribution in [0.5, 0.6) is 11.6 Å². The highest BCUT2D eigenvalue weighted by molar-refractivity contribution is 5.81. The van der Waals surface area contributed by atoms with Crippen molar-refractivity contribution in [2.24, 2.45) is 7.05 Å². The Labute approximate surface area is 198 Å². The molecule has 2 N–H and O–H groups in total. The number of nitrogens with one attached hydrogen (secondary N) is 2. The Bertz CT molecular complexity index is 1320. The molecule has 35 heavy (non-hydrogen) atoms. The molecule has 0 bridgehead atoms. The van der Waals surface area contributed by atoms with Gasteiger partial charge in [-0.25, -0.2) is 9.97 Å². The van der Waals surface area contributed by atoms with Crippen molar-refractivity contribution in [3.05, 3.63) is 78.4 Å². The van der Waals surface area contributed by atoms with E-state index in [1.54, 1.807) is 6.07 Å². The van der Waals surface area contributed by atoms with Crippen molar-refractivity contribution in [1.29, 1.82) is 0 Å². The molecule has 0 aliphatic rings. The van der Waals surface area contributed by atoms with Gasteiger partial charge in [0.05, 0.1) is 17.8 Å². The van der Waals surface area contributed by atoms with E-state index >= 15 is 0 Å². The smallest absolute Gasteiger partial charge is 0.416 e. The van der Waals surface area contributed by atoms with E-state index in [4.69, 9.17) is 4.74 Å². The Morgan fingerprint density at radius 3 is 2.63 bits per heavy atom. The fourth-order valence-corrected chi connectivity index (χ4v) is 3.04. The van der Waals surface area contributed by atoms with Crippen molar-refractivity contribution < 1.29 is 27.5 Å². The van der Waals surface area contributed by atoms with Crippen LogP contribution in [0.25, 0.3) is 10.9 Å². The van der Waals surface area contributed by atoms with Gasteiger partial charge in [-0.15, -0.1) is 0 Å². The summed E-state index contributed by atoms with van der Waals surface area (Å²) in [5.41, 5.74) is 1.19. The summed E-state index contributed by atoms with van der Waals surface area (Å²) < 4.78 is 44.1. The normalized spacial score (nSPS) is 10.8. The number of anilines is 1. The Kier molecular flexibility index (Phi) is 8.03. The fourth-order valence-electron chi connectivity index (χ4n) is 3.04. The van der Waals surface area contributed by atoms with Crippen molar-refractivity contribution in [3.8, 4) is 11.6 Å². The van der Waals surface area contributed by atoms with E-state index < -0.39 is 11.7 Å². The number of amides is 2. The number of aryl methyl sites for hydroxylation is 1. The van der Waals surface area contributed by atoms with Crippen LogP contribution in [-0.4, -0.2) is 26.9 Å². The molecule has 2 aromatic carbocycles. The third kappa shape index (κ3) is 7.29. The van der Waals surface area contributed by atoms with E-state index in [2.05, 4.69) is 25.2 Å². The number of hydrogen-bond donors (Lipinski definition) is 2. The van der Waals surface area contributed by atoms with Crippen LogP contribution in [0.15, 0.2) is 67.1 Å². The molecule has 2 heterocycles. The lowest BCUT2D eigenvalue weighted by Gasteiger charge is -2.07. The standard InChI is InChI=1S/C16H16N4O2.C8H6F3NO/c1-11(21)17-9-13-8-16(19-10-18-13)22-14-3-4-15-12(7-14)5-6-20(15)2;9-8(10,11)6-2-1-3-7(4-6)12-5-13/h3-8,10H,9H2,1-2H3,(H,17,21);1-5H,(H,12,13). The van der Waals surface area contributed by atoms with Gasteiger partial charge in [0, 0.05) is 42.8 Å². The Morgan fingerprint density at radius 2 is 1.91 bits per heavy atom. The molecular weight excluding hydrogens is 463 g/mol. The lowest BCUT2D eigenvalue weighted by molar-refractivity contribution is -0.137. The van der Waals surface area contributed by atoms with Crippen molar-refractivity contribution >= 4 is 28.9 Å². The first-order valence-corrected chi connectivity index (χ1v) is 10.3. The topological polar surface area (TPSA) is 98.1 Å². The molecule has 0 unspecified atom stereocenters. The van der Waals surface area contributed by atoms with E-state index in [9.17, 15) is 22.8 Å². The number of aromatic nitrogens is 3. The molecule has 0 radical (unpaired) electrons. The number of hydrogen-bond acceptors (Lipinski definition) is 5. The molecule has 2 aromatic heterocycles. The minimum atomic E-state index is -4.37. The minimum absolute atomic E-state index is 0.101. The summed E-state index contributed by atoms with van der Waals surface area (Å²) in [7, 11) is 2.00. The van der Waals surface area contributed by atoms with Crippen LogP contribution in [-0.2, 0) is 29.4 Å². The molecule has 0 aliphatic carbocycles. The predicted molar refractivity (Wildman–Crippen MR) is 124 cm³/mol. The zero-order valence-corrected chi connectivity index (χ0v) is 18.8. The first kappa shape index (κ1) is 25.2. The summed E-state index contributed by atoms with van der Waals surface area (Å²) >= 11 is 0. The van der Waals surface area contributed by atoms with Gasteiger partial charge in [0.2, 0.25) is 18.2 Å². The zero-order valence-electron chi connectivity index (χ0n) is 18.8. The third-order valence-electron chi connectivity index (χ3n) is 4.71. The van der Waals surface area contributed by atoms with Crippen LogP contribution < -0.4 is 15.4 Å². The number of benzene rings is 2. The van der Waals surface area contributed by atoms with Gasteiger partial charge in [-0.2, -0.15) is 13.2 Å². The fraction of sp³-hybridized carbons (Fsp3) is 0.167. The van der Waals surface area contributed by atoms with Crippen LogP contribution in [0.2, 0.25) is 0 Å². The van der Waals surface area contributed by atoms with Crippen LogP contribution >= 0.6 is 0 Å². The van der Waals surface area contributed by atoms with Gasteiger partial charge in [0.25, 0.3) is 0 Å². The molecule has 0 aliphatic heterocycles. The third-order valence-corrected chi connectivity index (χ3v) is 4.71. The first-order valence-electron chi connectivity index (χ1n) is 10.3. The summed E-state index contributed by atoms with van der Waals surface area (Å²) in [6.07, 6.45) is -0.617. The van der Waals surface area contributed by atoms with Crippen molar-refractivity contribution in [2.45, 2.75) is 19.6 Å². The summed E-state index contributed by atoms with van der Waals surface area (Å²) in [5.74, 6) is 1.06. The first-order chi connectivity index (χ1) is 16.7. The van der Waals surface area contributed by atoms with Gasteiger partial charge in [-0.3, -0.25) is 9.59 Å². The van der Waals surface area contributed by atoms with Crippen molar-refractivity contribution in [1.82, 2.24) is 19.9 Å². The molecule has 0 spiro atoms. The summed E-state index contributed by atoms with van der Waals surface area (Å²) in [6, 6.07) is 14.0. The summed E-state index contributed by atoms with van der Waals surface area (Å²) in [5, 5.41) is 5.94. The van der Waals surface area contributed by atoms with Crippen LogP contribution in [0.1, 0.15) is 18.2 Å². The molecule has 4 aromatic rings. The highest BCUT2D eigenvalue weighted by atomic mass is 19.4. The molecular formula is C24H22F3N5O3. The highest BCUT2D eigenvalue weighted by Gasteiger charge is 2.30. The van der Waals surface area contributed by atoms with Gasteiger partial charge in [0.15, 0.2) is 0 Å². The van der Waals surface area contributed by atoms with Crippen LogP contribution in [0.4, 0.5) is 18.9 Å². The SMILES string of the molecule is CC(=O)NCc1cc(Oc2ccc3c(ccn3C)c2)ncn1.O=CNc1cccc(C(F)(F)F)c1. The van der Waals surface area contributed by atoms with E-state index in [0.29, 0.717) is 30.3 Å². The Morgan fingerprint density at radius 1 is 1.11 bits per heavy atom. The van der Waals surface area contributed by atoms with Crippen LogP contribution in [0.3, 0.4) is 0 Å². The van der Waals surface area contributed by atoms with E-state index in [0.717, 1.165) is 23.0 Å². The number of ether oxygens (including phenoxy) is 1. The zero-order chi connectivity index (χ0) is 25.4. The highest BCUT2D eigenvalue weighted by Crippen LogP contribution is 2.30. The second-order valence-corrected chi connectivity index (χ2v) is 7.35. The number of carbonyl (C=O) groups is 2. The molecule has 0 fully saturated rings. The lowest BCUT2D eigenvalue weighted by atomic mass is 10.2. The van der Waals surface area contributed by atoms with Gasteiger partial charge in [-0.1, -0.05) is 6.07 Å². The number of carbonyl (C=O) groups excluding carboxylic acids is 2. The maximum Gasteiger partial charge on any atom is 0.416 e. The molecule has 0 atom stereocenters. The Balaban J connectivity index is 0.000000225. The average Bonchev–Trinajstić information content (AvgIpc) is 3.18. The molecule has 11 heteroatoms. The second-order valence-electron chi connectivity index (χ2n) is 7.35. The largest absolute Gasteiger partial charge is 0.439 e.